The van der Waals surface area contributed by atoms with Crippen molar-refractivity contribution in [3.8, 4) is 5.75 Å². The molecule has 0 atom stereocenters. The monoisotopic (exact) mass is 458 g/mol. The molecular formula is C24H27ClN2O3S. The third-order valence-electron chi connectivity index (χ3n) is 5.91. The number of aryl methyl sites for hydroxylation is 1. The predicted octanol–water partition coefficient (Wildman–Crippen LogP) is 5.09. The summed E-state index contributed by atoms with van der Waals surface area (Å²) in [6, 6.07) is 10.6. The van der Waals surface area contributed by atoms with E-state index < -0.39 is 10.0 Å². The van der Waals surface area contributed by atoms with E-state index in [2.05, 4.69) is 11.4 Å². The second-order valence-electron chi connectivity index (χ2n) is 7.85. The number of methoxy groups -OCH3 is 1. The molecule has 0 fully saturated rings. The second-order valence-corrected chi connectivity index (χ2v) is 10.0. The maximum atomic E-state index is 13.5. The molecule has 0 radical (unpaired) electrons. The van der Waals surface area contributed by atoms with E-state index >= 15 is 0 Å². The lowest BCUT2D eigenvalue weighted by Gasteiger charge is -2.13. The minimum Gasteiger partial charge on any atom is -0.497 e. The molecule has 3 aromatic rings. The fourth-order valence-corrected chi connectivity index (χ4v) is 5.97. The van der Waals surface area contributed by atoms with Gasteiger partial charge < -0.3 is 10.1 Å². The molecule has 1 aliphatic heterocycles. The molecule has 31 heavy (non-hydrogen) atoms. The molecule has 0 amide bonds. The minimum absolute atomic E-state index is 0.206. The highest BCUT2D eigenvalue weighted by Gasteiger charge is 2.23. The number of nitrogens with zero attached hydrogens (tertiary/aromatic N) is 1. The standard InChI is InChI=1S/C24H27ClN2O3S/c1-17-22(25)6-3-7-24(17)31(28,29)27-14-11-21-19(15-20(30-2)16-23(21)27)9-8-18-5-4-12-26-13-10-18/h3,5-7,11,14-16,26H,4,8-10,12-13H2,1-2H3. The normalized spacial score (nSPS) is 15.0. The molecule has 164 valence electrons. The van der Waals surface area contributed by atoms with Crippen LogP contribution in [0.5, 0.6) is 5.75 Å². The average molecular weight is 459 g/mol. The van der Waals surface area contributed by atoms with Crippen LogP contribution in [0.2, 0.25) is 5.02 Å². The minimum atomic E-state index is -3.80. The molecule has 0 spiro atoms. The molecular weight excluding hydrogens is 432 g/mol. The Morgan fingerprint density at radius 3 is 2.81 bits per heavy atom. The van der Waals surface area contributed by atoms with E-state index in [1.54, 1.807) is 44.5 Å². The highest BCUT2D eigenvalue weighted by molar-refractivity contribution is 7.90. The van der Waals surface area contributed by atoms with Crippen molar-refractivity contribution in [2.45, 2.75) is 37.5 Å². The molecule has 1 aliphatic rings. The maximum absolute atomic E-state index is 13.5. The molecule has 7 heteroatoms. The SMILES string of the molecule is COc1cc(CCC2=CCCNCC2)c2ccn(S(=O)(=O)c3cccc(Cl)c3C)c2c1. The first-order valence-electron chi connectivity index (χ1n) is 10.5. The van der Waals surface area contributed by atoms with Crippen molar-refractivity contribution in [1.82, 2.24) is 9.29 Å². The summed E-state index contributed by atoms with van der Waals surface area (Å²) in [7, 11) is -2.20. The van der Waals surface area contributed by atoms with Crippen LogP contribution in [0.4, 0.5) is 0 Å². The molecule has 5 nitrogen and oxygen atoms in total. The summed E-state index contributed by atoms with van der Waals surface area (Å²) in [5.41, 5.74) is 3.69. The quantitative estimate of drug-likeness (QED) is 0.522. The largest absolute Gasteiger partial charge is 0.497 e. The van der Waals surface area contributed by atoms with Crippen LogP contribution >= 0.6 is 11.6 Å². The van der Waals surface area contributed by atoms with Gasteiger partial charge in [0.05, 0.1) is 17.5 Å². The van der Waals surface area contributed by atoms with Gasteiger partial charge in [-0.1, -0.05) is 29.3 Å². The molecule has 0 bridgehead atoms. The van der Waals surface area contributed by atoms with Crippen molar-refractivity contribution in [1.29, 1.82) is 0 Å². The fraction of sp³-hybridized carbons (Fsp3) is 0.333. The first kappa shape index (κ1) is 21.9. The van der Waals surface area contributed by atoms with Crippen LogP contribution in [0.15, 0.2) is 59.1 Å². The highest BCUT2D eigenvalue weighted by Crippen LogP contribution is 2.32. The van der Waals surface area contributed by atoms with Crippen molar-refractivity contribution < 1.29 is 13.2 Å². The van der Waals surface area contributed by atoms with Gasteiger partial charge in [-0.15, -0.1) is 0 Å². The van der Waals surface area contributed by atoms with Gasteiger partial charge in [-0.3, -0.25) is 0 Å². The van der Waals surface area contributed by atoms with Crippen LogP contribution < -0.4 is 10.1 Å². The van der Waals surface area contributed by atoms with Gasteiger partial charge in [0.2, 0.25) is 0 Å². The molecule has 2 heterocycles. The lowest BCUT2D eigenvalue weighted by atomic mass is 9.99. The zero-order valence-corrected chi connectivity index (χ0v) is 19.4. The van der Waals surface area contributed by atoms with E-state index in [4.69, 9.17) is 16.3 Å². The van der Waals surface area contributed by atoms with Crippen molar-refractivity contribution >= 4 is 32.5 Å². The summed E-state index contributed by atoms with van der Waals surface area (Å²) in [4.78, 5) is 0.206. The summed E-state index contributed by atoms with van der Waals surface area (Å²) in [5.74, 6) is 0.650. The second kappa shape index (κ2) is 9.07. The summed E-state index contributed by atoms with van der Waals surface area (Å²) < 4.78 is 33.8. The van der Waals surface area contributed by atoms with Crippen LogP contribution in [0, 0.1) is 6.92 Å². The number of ether oxygens (including phenoxy) is 1. The van der Waals surface area contributed by atoms with Gasteiger partial charge in [0.15, 0.2) is 0 Å². The van der Waals surface area contributed by atoms with Gasteiger partial charge in [0, 0.05) is 22.7 Å². The van der Waals surface area contributed by atoms with E-state index in [0.717, 1.165) is 49.7 Å². The number of fused-ring (bicyclic) bond motifs is 1. The number of rotatable bonds is 6. The lowest BCUT2D eigenvalue weighted by Crippen LogP contribution is -2.14. The topological polar surface area (TPSA) is 60.3 Å². The van der Waals surface area contributed by atoms with E-state index in [1.807, 2.05) is 12.1 Å². The molecule has 0 aliphatic carbocycles. The summed E-state index contributed by atoms with van der Waals surface area (Å²) in [6.07, 6.45) is 7.84. The van der Waals surface area contributed by atoms with Crippen LogP contribution in [0.3, 0.4) is 0 Å². The molecule has 1 N–H and O–H groups in total. The molecule has 0 saturated carbocycles. The molecule has 1 aromatic heterocycles. The first-order valence-corrected chi connectivity index (χ1v) is 12.3. The van der Waals surface area contributed by atoms with E-state index in [9.17, 15) is 8.42 Å². The summed E-state index contributed by atoms with van der Waals surface area (Å²) >= 11 is 6.20. The van der Waals surface area contributed by atoms with E-state index in [1.165, 1.54) is 9.55 Å². The zero-order chi connectivity index (χ0) is 22.0. The number of aromatic nitrogens is 1. The van der Waals surface area contributed by atoms with Gasteiger partial charge >= 0.3 is 0 Å². The Labute approximate surface area is 188 Å². The smallest absolute Gasteiger partial charge is 0.268 e. The van der Waals surface area contributed by atoms with Crippen molar-refractivity contribution in [3.05, 3.63) is 70.4 Å². The molecule has 0 unspecified atom stereocenters. The molecule has 2 aromatic carbocycles. The number of hydrogen-bond acceptors (Lipinski definition) is 4. The Morgan fingerprint density at radius 2 is 2.00 bits per heavy atom. The fourth-order valence-electron chi connectivity index (χ4n) is 4.15. The maximum Gasteiger partial charge on any atom is 0.268 e. The van der Waals surface area contributed by atoms with Crippen LogP contribution in [0.25, 0.3) is 10.9 Å². The predicted molar refractivity (Wildman–Crippen MR) is 126 cm³/mol. The summed E-state index contributed by atoms with van der Waals surface area (Å²) in [6.45, 7) is 3.76. The van der Waals surface area contributed by atoms with Gasteiger partial charge in [0.25, 0.3) is 10.0 Å². The number of halogens is 1. The van der Waals surface area contributed by atoms with E-state index in [-0.39, 0.29) is 4.90 Å². The average Bonchev–Trinajstić information content (AvgIpc) is 3.03. The third kappa shape index (κ3) is 4.38. The Morgan fingerprint density at radius 1 is 1.16 bits per heavy atom. The van der Waals surface area contributed by atoms with Gasteiger partial charge in [-0.25, -0.2) is 12.4 Å². The van der Waals surface area contributed by atoms with Gasteiger partial charge in [-0.2, -0.15) is 0 Å². The van der Waals surface area contributed by atoms with Crippen molar-refractivity contribution in [3.63, 3.8) is 0 Å². The lowest BCUT2D eigenvalue weighted by molar-refractivity contribution is 0.415. The van der Waals surface area contributed by atoms with Crippen LogP contribution in [-0.2, 0) is 16.4 Å². The molecule has 0 saturated heterocycles. The third-order valence-corrected chi connectivity index (χ3v) is 8.16. The number of nitrogens with one attached hydrogen (secondary N) is 1. The van der Waals surface area contributed by atoms with Crippen LogP contribution in [0.1, 0.15) is 30.4 Å². The number of benzene rings is 2. The van der Waals surface area contributed by atoms with Gasteiger partial charge in [0.1, 0.15) is 5.75 Å². The Kier molecular flexibility index (Phi) is 6.42. The van der Waals surface area contributed by atoms with E-state index in [0.29, 0.717) is 21.9 Å². The summed E-state index contributed by atoms with van der Waals surface area (Å²) in [5, 5.41) is 4.78. The Balaban J connectivity index is 1.76. The zero-order valence-electron chi connectivity index (χ0n) is 17.8. The van der Waals surface area contributed by atoms with Crippen LogP contribution in [-0.4, -0.2) is 32.6 Å². The highest BCUT2D eigenvalue weighted by atomic mass is 35.5. The number of hydrogen-bond donors (Lipinski definition) is 1. The Bertz CT molecular complexity index is 1250. The van der Waals surface area contributed by atoms with Crippen molar-refractivity contribution in [2.24, 2.45) is 0 Å². The van der Waals surface area contributed by atoms with Gasteiger partial charge in [-0.05, 0) is 81.1 Å². The van der Waals surface area contributed by atoms with Crippen molar-refractivity contribution in [2.75, 3.05) is 20.2 Å². The first-order chi connectivity index (χ1) is 14.9. The molecule has 4 rings (SSSR count). The Hall–Kier alpha value is -2.28.